The maximum atomic E-state index is 11.8. The Morgan fingerprint density at radius 2 is 2.20 bits per heavy atom. The second-order valence-corrected chi connectivity index (χ2v) is 4.02. The van der Waals surface area contributed by atoms with Crippen LogP contribution in [-0.4, -0.2) is 15.5 Å². The summed E-state index contributed by atoms with van der Waals surface area (Å²) in [5, 5.41) is 0. The van der Waals surface area contributed by atoms with E-state index in [9.17, 15) is 9.59 Å². The number of hydrazine groups is 1. The Balaban J connectivity index is 1.97. The van der Waals surface area contributed by atoms with Crippen molar-refractivity contribution in [2.75, 3.05) is 0 Å². The van der Waals surface area contributed by atoms with Crippen LogP contribution in [-0.2, 0) is 6.54 Å². The first-order valence-corrected chi connectivity index (χ1v) is 5.73. The lowest BCUT2D eigenvalue weighted by atomic mass is 10.4. The number of carbonyl (C=O) groups excluding carboxylic acids is 1. The maximum Gasteiger partial charge on any atom is 0.421 e. The predicted molar refractivity (Wildman–Crippen MR) is 67.7 cm³/mol. The standard InChI is InChI=1S/C12H10N4O4/c13-15-11(17)9-4-3-7(19-9)6-16-10-8(20-12(16)18)2-1-5-14-10/h1-5H,6,13H2,(H,15,17). The molecule has 102 valence electrons. The number of hydrogen-bond donors (Lipinski definition) is 2. The molecule has 0 saturated carbocycles. The number of hydrogen-bond acceptors (Lipinski definition) is 6. The van der Waals surface area contributed by atoms with Crippen molar-refractivity contribution in [3.8, 4) is 0 Å². The zero-order valence-corrected chi connectivity index (χ0v) is 10.2. The minimum absolute atomic E-state index is 0.0660. The van der Waals surface area contributed by atoms with Crippen LogP contribution >= 0.6 is 0 Å². The molecule has 0 radical (unpaired) electrons. The SMILES string of the molecule is NNC(=O)c1ccc(Cn2c(=O)oc3cccnc32)o1. The van der Waals surface area contributed by atoms with Crippen LogP contribution < -0.4 is 17.0 Å². The Labute approximate surface area is 111 Å². The van der Waals surface area contributed by atoms with E-state index >= 15 is 0 Å². The molecule has 0 bridgehead atoms. The molecule has 3 aromatic rings. The van der Waals surface area contributed by atoms with Crippen molar-refractivity contribution in [1.29, 1.82) is 0 Å². The highest BCUT2D eigenvalue weighted by Gasteiger charge is 2.14. The number of nitrogens with one attached hydrogen (secondary N) is 1. The molecular weight excluding hydrogens is 264 g/mol. The molecule has 0 fully saturated rings. The average Bonchev–Trinajstić information content (AvgIpc) is 3.04. The van der Waals surface area contributed by atoms with Gasteiger partial charge >= 0.3 is 11.7 Å². The van der Waals surface area contributed by atoms with Crippen molar-refractivity contribution >= 4 is 17.1 Å². The molecule has 0 spiro atoms. The molecule has 3 heterocycles. The Morgan fingerprint density at radius 3 is 3.00 bits per heavy atom. The number of rotatable bonds is 3. The van der Waals surface area contributed by atoms with Gasteiger partial charge in [0.25, 0.3) is 0 Å². The fourth-order valence-electron chi connectivity index (χ4n) is 1.85. The highest BCUT2D eigenvalue weighted by molar-refractivity contribution is 5.90. The van der Waals surface area contributed by atoms with Gasteiger partial charge in [0.2, 0.25) is 0 Å². The molecule has 20 heavy (non-hydrogen) atoms. The van der Waals surface area contributed by atoms with Crippen molar-refractivity contribution in [2.24, 2.45) is 5.84 Å². The first kappa shape index (κ1) is 12.2. The molecule has 0 aliphatic heterocycles. The van der Waals surface area contributed by atoms with E-state index in [1.165, 1.54) is 10.6 Å². The van der Waals surface area contributed by atoms with Gasteiger partial charge in [-0.3, -0.25) is 14.8 Å². The van der Waals surface area contributed by atoms with Crippen LogP contribution in [0.2, 0.25) is 0 Å². The lowest BCUT2D eigenvalue weighted by molar-refractivity contribution is 0.0924. The van der Waals surface area contributed by atoms with Gasteiger partial charge in [-0.2, -0.15) is 0 Å². The number of aromatic nitrogens is 2. The number of furan rings is 1. The van der Waals surface area contributed by atoms with Crippen molar-refractivity contribution in [1.82, 2.24) is 15.0 Å². The first-order chi connectivity index (χ1) is 9.69. The number of nitrogens with two attached hydrogens (primary N) is 1. The number of carbonyl (C=O) groups is 1. The summed E-state index contributed by atoms with van der Waals surface area (Å²) in [6, 6.07) is 6.37. The smallest absolute Gasteiger partial charge is 0.421 e. The molecule has 3 N–H and O–H groups in total. The van der Waals surface area contributed by atoms with Gasteiger partial charge in [0.1, 0.15) is 5.76 Å². The minimum Gasteiger partial charge on any atom is -0.454 e. The Kier molecular flexibility index (Phi) is 2.84. The van der Waals surface area contributed by atoms with Crippen LogP contribution in [0.1, 0.15) is 16.3 Å². The molecule has 8 heteroatoms. The average molecular weight is 274 g/mol. The van der Waals surface area contributed by atoms with E-state index in [0.717, 1.165) is 0 Å². The predicted octanol–water partition coefficient (Wildman–Crippen LogP) is 0.234. The summed E-state index contributed by atoms with van der Waals surface area (Å²) in [6.07, 6.45) is 1.56. The van der Waals surface area contributed by atoms with E-state index in [-0.39, 0.29) is 12.3 Å². The Bertz CT molecular complexity index is 829. The molecule has 8 nitrogen and oxygen atoms in total. The van der Waals surface area contributed by atoms with Crippen molar-refractivity contribution < 1.29 is 13.6 Å². The topological polar surface area (TPSA) is 116 Å². The highest BCUT2D eigenvalue weighted by Crippen LogP contribution is 2.13. The van der Waals surface area contributed by atoms with Crippen LogP contribution in [0.5, 0.6) is 0 Å². The molecular formula is C12H10N4O4. The fourth-order valence-corrected chi connectivity index (χ4v) is 1.85. The lowest BCUT2D eigenvalue weighted by Gasteiger charge is -1.98. The summed E-state index contributed by atoms with van der Waals surface area (Å²) >= 11 is 0. The van der Waals surface area contributed by atoms with Crippen LogP contribution in [0.3, 0.4) is 0 Å². The second-order valence-electron chi connectivity index (χ2n) is 4.02. The van der Waals surface area contributed by atoms with E-state index in [4.69, 9.17) is 14.7 Å². The van der Waals surface area contributed by atoms with Gasteiger partial charge in [-0.25, -0.2) is 15.6 Å². The Morgan fingerprint density at radius 1 is 1.35 bits per heavy atom. The Hall–Kier alpha value is -2.87. The minimum atomic E-state index is -0.543. The van der Waals surface area contributed by atoms with E-state index in [1.807, 2.05) is 5.43 Å². The molecule has 0 aliphatic rings. The van der Waals surface area contributed by atoms with Gasteiger partial charge in [0, 0.05) is 6.20 Å². The fraction of sp³-hybridized carbons (Fsp3) is 0.0833. The molecule has 3 aromatic heterocycles. The molecule has 0 saturated heterocycles. The van der Waals surface area contributed by atoms with E-state index in [0.29, 0.717) is 17.0 Å². The highest BCUT2D eigenvalue weighted by atomic mass is 16.4. The van der Waals surface area contributed by atoms with Gasteiger partial charge in [-0.05, 0) is 24.3 Å². The number of oxazole rings is 1. The third kappa shape index (κ3) is 1.97. The van der Waals surface area contributed by atoms with Crippen molar-refractivity contribution in [3.05, 3.63) is 52.5 Å². The van der Waals surface area contributed by atoms with E-state index in [1.54, 1.807) is 24.4 Å². The number of amides is 1. The molecule has 3 rings (SSSR count). The first-order valence-electron chi connectivity index (χ1n) is 5.73. The third-order valence-electron chi connectivity index (χ3n) is 2.75. The van der Waals surface area contributed by atoms with Gasteiger partial charge in [0.15, 0.2) is 17.0 Å². The number of fused-ring (bicyclic) bond motifs is 1. The summed E-state index contributed by atoms with van der Waals surface area (Å²) in [6.45, 7) is 0.112. The van der Waals surface area contributed by atoms with Crippen LogP contribution in [0.15, 0.2) is 44.1 Å². The summed E-state index contributed by atoms with van der Waals surface area (Å²) in [5.74, 6) is 4.41. The van der Waals surface area contributed by atoms with Gasteiger partial charge in [-0.1, -0.05) is 0 Å². The zero-order chi connectivity index (χ0) is 14.1. The molecule has 0 unspecified atom stereocenters. The maximum absolute atomic E-state index is 11.8. The normalized spacial score (nSPS) is 10.8. The van der Waals surface area contributed by atoms with E-state index in [2.05, 4.69) is 4.98 Å². The summed E-state index contributed by atoms with van der Waals surface area (Å²) in [7, 11) is 0. The van der Waals surface area contributed by atoms with Gasteiger partial charge in [0.05, 0.1) is 6.54 Å². The van der Waals surface area contributed by atoms with Crippen LogP contribution in [0.25, 0.3) is 11.2 Å². The molecule has 0 aliphatic carbocycles. The summed E-state index contributed by atoms with van der Waals surface area (Å²) in [4.78, 5) is 27.1. The molecule has 1 amide bonds. The van der Waals surface area contributed by atoms with Crippen molar-refractivity contribution in [3.63, 3.8) is 0 Å². The van der Waals surface area contributed by atoms with Gasteiger partial charge in [-0.15, -0.1) is 0 Å². The van der Waals surface area contributed by atoms with Crippen LogP contribution in [0, 0.1) is 0 Å². The van der Waals surface area contributed by atoms with E-state index < -0.39 is 11.7 Å². The third-order valence-corrected chi connectivity index (χ3v) is 2.75. The summed E-state index contributed by atoms with van der Waals surface area (Å²) in [5.41, 5.74) is 2.77. The second kappa shape index (κ2) is 4.67. The number of nitrogen functional groups attached to an aromatic ring is 1. The zero-order valence-electron chi connectivity index (χ0n) is 10.2. The molecule has 0 aromatic carbocycles. The lowest BCUT2D eigenvalue weighted by Crippen LogP contribution is -2.29. The monoisotopic (exact) mass is 274 g/mol. The quantitative estimate of drug-likeness (QED) is 0.401. The number of nitrogens with zero attached hydrogens (tertiary/aromatic N) is 2. The number of pyridine rings is 1. The largest absolute Gasteiger partial charge is 0.454 e. The van der Waals surface area contributed by atoms with Gasteiger partial charge < -0.3 is 8.83 Å². The molecule has 0 atom stereocenters. The van der Waals surface area contributed by atoms with Crippen molar-refractivity contribution in [2.45, 2.75) is 6.54 Å². The van der Waals surface area contributed by atoms with Crippen LogP contribution in [0.4, 0.5) is 0 Å². The summed E-state index contributed by atoms with van der Waals surface area (Å²) < 4.78 is 11.7.